The number of carboxylic acid groups (broad SMARTS) is 1. The number of fused-ring (bicyclic) bond motifs is 2. The minimum atomic E-state index is -1.07. The van der Waals surface area contributed by atoms with E-state index in [2.05, 4.69) is 20.0 Å². The van der Waals surface area contributed by atoms with Gasteiger partial charge in [-0.1, -0.05) is 11.2 Å². The number of carbonyl (C=O) groups is 1. The number of halogens is 2. The van der Waals surface area contributed by atoms with Crippen LogP contribution in [0.25, 0.3) is 11.3 Å². The van der Waals surface area contributed by atoms with E-state index in [-0.39, 0.29) is 42.0 Å². The molecule has 2 saturated heterocycles. The molecular weight excluding hydrogens is 470 g/mol. The summed E-state index contributed by atoms with van der Waals surface area (Å²) in [7, 11) is 0. The van der Waals surface area contributed by atoms with E-state index in [1.807, 2.05) is 0 Å². The molecular formula is C26H26F2N4O4. The summed E-state index contributed by atoms with van der Waals surface area (Å²) < 4.78 is 40.4. The Balaban J connectivity index is 1.21. The Kier molecular flexibility index (Phi) is 5.70. The fraction of sp³-hybridized carbons (Fsp3) is 0.462. The smallest absolute Gasteiger partial charge is 0.354 e. The van der Waals surface area contributed by atoms with Gasteiger partial charge in [0.1, 0.15) is 11.5 Å². The van der Waals surface area contributed by atoms with Gasteiger partial charge in [-0.05, 0) is 63.6 Å². The Labute approximate surface area is 206 Å². The van der Waals surface area contributed by atoms with Gasteiger partial charge in [-0.3, -0.25) is 0 Å². The average Bonchev–Trinajstić information content (AvgIpc) is 3.55. The molecule has 0 radical (unpaired) electrons. The third-order valence-corrected chi connectivity index (χ3v) is 7.42. The Hall–Kier alpha value is -3.40. The Morgan fingerprint density at radius 3 is 2.61 bits per heavy atom. The normalized spacial score (nSPS) is 23.3. The van der Waals surface area contributed by atoms with E-state index in [0.717, 1.165) is 44.6 Å². The maximum Gasteiger partial charge on any atom is 0.354 e. The van der Waals surface area contributed by atoms with Crippen molar-refractivity contribution >= 4 is 11.9 Å². The number of aromatic carboxylic acids is 1. The quantitative estimate of drug-likeness (QED) is 0.487. The first-order chi connectivity index (χ1) is 17.4. The zero-order valence-corrected chi connectivity index (χ0v) is 19.8. The summed E-state index contributed by atoms with van der Waals surface area (Å²) in [6.45, 7) is 1.97. The van der Waals surface area contributed by atoms with Crippen molar-refractivity contribution in [2.24, 2.45) is 0 Å². The van der Waals surface area contributed by atoms with Crippen LogP contribution in [0.2, 0.25) is 0 Å². The minimum absolute atomic E-state index is 0.00699. The summed E-state index contributed by atoms with van der Waals surface area (Å²) in [5.41, 5.74) is 1.67. The maximum atomic E-state index is 14.6. The van der Waals surface area contributed by atoms with Crippen molar-refractivity contribution in [2.45, 2.75) is 76.2 Å². The number of carboxylic acids is 1. The highest BCUT2D eigenvalue weighted by molar-refractivity contribution is 5.85. The number of benzene rings is 1. The van der Waals surface area contributed by atoms with Crippen LogP contribution >= 0.6 is 0 Å². The van der Waals surface area contributed by atoms with E-state index >= 15 is 0 Å². The van der Waals surface area contributed by atoms with Crippen molar-refractivity contribution < 1.29 is 27.9 Å². The van der Waals surface area contributed by atoms with Crippen molar-refractivity contribution in [1.82, 2.24) is 15.1 Å². The molecule has 3 aliphatic rings. The molecule has 3 aromatic rings. The van der Waals surface area contributed by atoms with Crippen molar-refractivity contribution in [2.75, 3.05) is 4.90 Å². The number of hydrogen-bond donors (Lipinski definition) is 1. The molecule has 2 aliphatic heterocycles. The lowest BCUT2D eigenvalue weighted by Crippen LogP contribution is -2.46. The lowest BCUT2D eigenvalue weighted by molar-refractivity contribution is 0.0144. The van der Waals surface area contributed by atoms with Crippen LogP contribution in [0.3, 0.4) is 0 Å². The Morgan fingerprint density at radius 2 is 1.92 bits per heavy atom. The first-order valence-electron chi connectivity index (χ1n) is 12.3. The van der Waals surface area contributed by atoms with Crippen molar-refractivity contribution in [3.63, 3.8) is 0 Å². The molecule has 3 fully saturated rings. The van der Waals surface area contributed by atoms with Crippen LogP contribution in [-0.4, -0.2) is 44.4 Å². The summed E-state index contributed by atoms with van der Waals surface area (Å²) in [5.74, 6) is -1.55. The molecule has 0 spiro atoms. The molecule has 0 unspecified atom stereocenters. The molecule has 2 atom stereocenters. The summed E-state index contributed by atoms with van der Waals surface area (Å²) in [5, 5.41) is 13.5. The van der Waals surface area contributed by atoms with Crippen LogP contribution in [0.5, 0.6) is 0 Å². The second kappa shape index (κ2) is 8.92. The molecule has 1 aromatic carbocycles. The molecule has 188 valence electrons. The van der Waals surface area contributed by atoms with E-state index in [9.17, 15) is 18.7 Å². The summed E-state index contributed by atoms with van der Waals surface area (Å²) in [6.07, 6.45) is 5.28. The van der Waals surface area contributed by atoms with Gasteiger partial charge in [0, 0.05) is 34.8 Å². The lowest BCUT2D eigenvalue weighted by Gasteiger charge is -2.39. The topological polar surface area (TPSA) is 102 Å². The Bertz CT molecular complexity index is 1310. The molecule has 10 heteroatoms. The molecule has 0 amide bonds. The van der Waals surface area contributed by atoms with E-state index < -0.39 is 17.6 Å². The second-order valence-corrected chi connectivity index (χ2v) is 9.95. The number of aryl methyl sites for hydroxylation is 1. The molecule has 2 bridgehead atoms. The van der Waals surface area contributed by atoms with Gasteiger partial charge in [-0.2, -0.15) is 0 Å². The van der Waals surface area contributed by atoms with Crippen LogP contribution in [-0.2, 0) is 11.3 Å². The summed E-state index contributed by atoms with van der Waals surface area (Å²) in [6, 6.07) is 5.80. The van der Waals surface area contributed by atoms with E-state index in [0.29, 0.717) is 28.7 Å². The lowest BCUT2D eigenvalue weighted by atomic mass is 9.99. The first-order valence-corrected chi connectivity index (χ1v) is 12.3. The SMILES string of the molecule is Cc1cc(C(=O)O)nc(N2[C@H]3CC[C@H]2CC(OCc2c(-c4cccc(F)c4F)noc2C2CC2)C3)n1. The van der Waals surface area contributed by atoms with Gasteiger partial charge in [0.15, 0.2) is 17.3 Å². The van der Waals surface area contributed by atoms with Crippen LogP contribution in [0.15, 0.2) is 28.8 Å². The molecule has 36 heavy (non-hydrogen) atoms. The number of nitrogens with zero attached hydrogens (tertiary/aromatic N) is 4. The van der Waals surface area contributed by atoms with E-state index in [4.69, 9.17) is 9.26 Å². The highest BCUT2D eigenvalue weighted by Gasteiger charge is 2.43. The largest absolute Gasteiger partial charge is 0.477 e. The minimum Gasteiger partial charge on any atom is -0.477 e. The molecule has 1 aliphatic carbocycles. The number of rotatable bonds is 7. The maximum absolute atomic E-state index is 14.6. The van der Waals surface area contributed by atoms with Crippen molar-refractivity contribution in [3.05, 3.63) is 58.6 Å². The number of ether oxygens (including phenoxy) is 1. The van der Waals surface area contributed by atoms with Gasteiger partial charge in [0.05, 0.1) is 12.7 Å². The zero-order valence-electron chi connectivity index (χ0n) is 19.8. The van der Waals surface area contributed by atoms with Gasteiger partial charge in [-0.25, -0.2) is 23.5 Å². The number of anilines is 1. The number of hydrogen-bond acceptors (Lipinski definition) is 7. The van der Waals surface area contributed by atoms with Crippen LogP contribution in [0.1, 0.15) is 71.9 Å². The van der Waals surface area contributed by atoms with E-state index in [1.165, 1.54) is 18.2 Å². The van der Waals surface area contributed by atoms with Crippen LogP contribution in [0, 0.1) is 18.6 Å². The summed E-state index contributed by atoms with van der Waals surface area (Å²) >= 11 is 0. The molecule has 2 aromatic heterocycles. The predicted octanol–water partition coefficient (Wildman–Crippen LogP) is 5.01. The average molecular weight is 497 g/mol. The standard InChI is InChI=1S/C26H26F2N4O4/c1-13-9-21(25(33)34)30-26(29-13)32-15-7-8-16(32)11-17(10-15)35-12-19-23(31-36-24(19)14-5-6-14)18-3-2-4-20(27)22(18)28/h2-4,9,14-17H,5-8,10-12H2,1H3,(H,33,34)/t15-,16-/m0/s1. The number of piperidine rings is 1. The fourth-order valence-corrected chi connectivity index (χ4v) is 5.59. The van der Waals surface area contributed by atoms with Gasteiger partial charge in [-0.15, -0.1) is 0 Å². The van der Waals surface area contributed by atoms with Gasteiger partial charge < -0.3 is 19.3 Å². The van der Waals surface area contributed by atoms with E-state index in [1.54, 1.807) is 6.92 Å². The summed E-state index contributed by atoms with van der Waals surface area (Å²) in [4.78, 5) is 22.4. The monoisotopic (exact) mass is 496 g/mol. The van der Waals surface area contributed by atoms with Gasteiger partial charge in [0.25, 0.3) is 0 Å². The second-order valence-electron chi connectivity index (χ2n) is 9.95. The zero-order chi connectivity index (χ0) is 25.0. The third-order valence-electron chi connectivity index (χ3n) is 7.42. The predicted molar refractivity (Wildman–Crippen MR) is 125 cm³/mol. The molecule has 4 heterocycles. The van der Waals surface area contributed by atoms with Crippen LogP contribution in [0.4, 0.5) is 14.7 Å². The Morgan fingerprint density at radius 1 is 1.17 bits per heavy atom. The highest BCUT2D eigenvalue weighted by atomic mass is 19.2. The fourth-order valence-electron chi connectivity index (χ4n) is 5.59. The molecule has 1 N–H and O–H groups in total. The third kappa shape index (κ3) is 4.13. The molecule has 8 nitrogen and oxygen atoms in total. The van der Waals surface area contributed by atoms with Gasteiger partial charge >= 0.3 is 5.97 Å². The van der Waals surface area contributed by atoms with Crippen molar-refractivity contribution in [1.29, 1.82) is 0 Å². The van der Waals surface area contributed by atoms with Crippen molar-refractivity contribution in [3.8, 4) is 11.3 Å². The highest BCUT2D eigenvalue weighted by Crippen LogP contribution is 2.45. The molecule has 6 rings (SSSR count). The van der Waals surface area contributed by atoms with Gasteiger partial charge in [0.2, 0.25) is 5.95 Å². The first kappa shape index (κ1) is 23.0. The van der Waals surface area contributed by atoms with Crippen LogP contribution < -0.4 is 4.90 Å². The molecule has 1 saturated carbocycles. The number of aromatic nitrogens is 3.